The van der Waals surface area contributed by atoms with Crippen molar-refractivity contribution in [2.45, 2.75) is 19.2 Å². The first kappa shape index (κ1) is 16.3. The number of benzene rings is 2. The number of aromatic nitrogens is 1. The molecule has 3 nitrogen and oxygen atoms in total. The number of nitrogens with zero attached hydrogens (tertiary/aromatic N) is 2. The first-order valence-electron chi connectivity index (χ1n) is 8.56. The average molecular weight is 350 g/mol. The second-order valence-corrected chi connectivity index (χ2v) is 7.41. The molecule has 0 saturated carbocycles. The van der Waals surface area contributed by atoms with Gasteiger partial charge in [0.2, 0.25) is 0 Å². The molecule has 0 amide bonds. The predicted molar refractivity (Wildman–Crippen MR) is 106 cm³/mol. The monoisotopic (exact) mass is 350 g/mol. The van der Waals surface area contributed by atoms with Crippen LogP contribution in [0, 0.1) is 0 Å². The Morgan fingerprint density at radius 2 is 1.64 bits per heavy atom. The molecule has 25 heavy (non-hydrogen) atoms. The normalized spacial score (nSPS) is 13.1. The van der Waals surface area contributed by atoms with E-state index in [4.69, 9.17) is 0 Å². The Labute approximate surface area is 151 Å². The Balaban J connectivity index is 1.57. The van der Waals surface area contributed by atoms with Crippen LogP contribution in [0.4, 0.5) is 0 Å². The molecule has 2 heterocycles. The molecule has 128 valence electrons. The van der Waals surface area contributed by atoms with Gasteiger partial charge in [0.1, 0.15) is 0 Å². The summed E-state index contributed by atoms with van der Waals surface area (Å²) in [5.41, 5.74) is 3.67. The van der Waals surface area contributed by atoms with Gasteiger partial charge in [0.05, 0.1) is 12.6 Å². The Morgan fingerprint density at radius 3 is 2.24 bits per heavy atom. The number of aliphatic hydroxyl groups is 1. The van der Waals surface area contributed by atoms with Crippen LogP contribution in [-0.2, 0) is 13.1 Å². The fourth-order valence-corrected chi connectivity index (χ4v) is 4.25. The highest BCUT2D eigenvalue weighted by Crippen LogP contribution is 2.28. The molecule has 0 saturated heterocycles. The number of fused-ring (bicyclic) bond motifs is 3. The van der Waals surface area contributed by atoms with E-state index in [-0.39, 0.29) is 0 Å². The molecule has 0 unspecified atom stereocenters. The largest absolute Gasteiger partial charge is 0.390 e. The third-order valence-corrected chi connectivity index (χ3v) is 5.36. The molecule has 4 rings (SSSR count). The van der Waals surface area contributed by atoms with Crippen molar-refractivity contribution in [1.82, 2.24) is 9.47 Å². The molecular formula is C21H22N2OS. The van der Waals surface area contributed by atoms with Crippen LogP contribution >= 0.6 is 11.3 Å². The first-order chi connectivity index (χ1) is 12.2. The van der Waals surface area contributed by atoms with Crippen molar-refractivity contribution in [3.05, 3.63) is 70.9 Å². The van der Waals surface area contributed by atoms with Gasteiger partial charge < -0.3 is 9.67 Å². The van der Waals surface area contributed by atoms with E-state index in [1.807, 2.05) is 0 Å². The molecule has 0 spiro atoms. The smallest absolute Gasteiger partial charge is 0.0845 e. The van der Waals surface area contributed by atoms with Gasteiger partial charge in [0, 0.05) is 34.9 Å². The number of thiophene rings is 1. The third-order valence-electron chi connectivity index (χ3n) is 4.63. The molecule has 4 heteroatoms. The van der Waals surface area contributed by atoms with Crippen LogP contribution in [0.3, 0.4) is 0 Å². The van der Waals surface area contributed by atoms with Crippen LogP contribution in [-0.4, -0.2) is 34.3 Å². The van der Waals surface area contributed by atoms with Gasteiger partial charge in [-0.1, -0.05) is 36.4 Å². The van der Waals surface area contributed by atoms with Crippen molar-refractivity contribution >= 4 is 33.1 Å². The number of hydrogen-bond donors (Lipinski definition) is 1. The highest BCUT2D eigenvalue weighted by atomic mass is 32.1. The summed E-state index contributed by atoms with van der Waals surface area (Å²) >= 11 is 1.71. The minimum Gasteiger partial charge on any atom is -0.390 e. The quantitative estimate of drug-likeness (QED) is 0.560. The van der Waals surface area contributed by atoms with Crippen LogP contribution in [0.2, 0.25) is 0 Å². The summed E-state index contributed by atoms with van der Waals surface area (Å²) in [7, 11) is 2.06. The highest BCUT2D eigenvalue weighted by Gasteiger charge is 2.14. The minimum atomic E-state index is -0.414. The average Bonchev–Trinajstić information content (AvgIpc) is 3.22. The summed E-state index contributed by atoms with van der Waals surface area (Å²) in [5.74, 6) is 0. The van der Waals surface area contributed by atoms with Gasteiger partial charge in [-0.3, -0.25) is 4.90 Å². The lowest BCUT2D eigenvalue weighted by molar-refractivity contribution is 0.109. The van der Waals surface area contributed by atoms with Gasteiger partial charge in [-0.25, -0.2) is 0 Å². The van der Waals surface area contributed by atoms with Gasteiger partial charge in [-0.15, -0.1) is 0 Å². The zero-order chi connectivity index (χ0) is 17.2. The Kier molecular flexibility index (Phi) is 4.57. The summed E-state index contributed by atoms with van der Waals surface area (Å²) in [6, 6.07) is 19.0. The van der Waals surface area contributed by atoms with Crippen molar-refractivity contribution < 1.29 is 5.11 Å². The standard InChI is InChI=1S/C21H22N2OS/c1-22(12-16-10-11-25-15-16)13-17(24)14-23-20-8-4-2-6-18(20)19-7-3-5-9-21(19)23/h2-11,15,17,24H,12-14H2,1H3/t17-/m0/s1. The number of hydrogen-bond acceptors (Lipinski definition) is 3. The maximum Gasteiger partial charge on any atom is 0.0845 e. The SMILES string of the molecule is CN(Cc1ccsc1)C[C@H](O)Cn1c2ccccc2c2ccccc21. The highest BCUT2D eigenvalue weighted by molar-refractivity contribution is 7.07. The molecule has 1 atom stereocenters. The van der Waals surface area contributed by atoms with Crippen molar-refractivity contribution in [2.75, 3.05) is 13.6 Å². The zero-order valence-electron chi connectivity index (χ0n) is 14.3. The molecule has 0 aliphatic carbocycles. The van der Waals surface area contributed by atoms with Gasteiger partial charge >= 0.3 is 0 Å². The van der Waals surface area contributed by atoms with Crippen LogP contribution in [0.5, 0.6) is 0 Å². The Bertz CT molecular complexity index is 921. The Morgan fingerprint density at radius 1 is 1.00 bits per heavy atom. The van der Waals surface area contributed by atoms with E-state index in [1.54, 1.807) is 11.3 Å². The molecule has 1 N–H and O–H groups in total. The lowest BCUT2D eigenvalue weighted by Crippen LogP contribution is -2.31. The van der Waals surface area contributed by atoms with E-state index in [0.717, 1.165) is 6.54 Å². The molecule has 0 aliphatic rings. The molecule has 0 aliphatic heterocycles. The molecule has 0 bridgehead atoms. The summed E-state index contributed by atoms with van der Waals surface area (Å²) in [6.07, 6.45) is -0.414. The zero-order valence-corrected chi connectivity index (χ0v) is 15.1. The number of rotatable bonds is 6. The number of likely N-dealkylation sites (N-methyl/N-ethyl adjacent to an activating group) is 1. The summed E-state index contributed by atoms with van der Waals surface area (Å²) in [5, 5.41) is 17.4. The molecule has 2 aromatic heterocycles. The van der Waals surface area contributed by atoms with Crippen molar-refractivity contribution in [2.24, 2.45) is 0 Å². The van der Waals surface area contributed by atoms with Crippen LogP contribution in [0.1, 0.15) is 5.56 Å². The van der Waals surface area contributed by atoms with Crippen molar-refractivity contribution in [1.29, 1.82) is 0 Å². The molecule has 0 radical (unpaired) electrons. The van der Waals surface area contributed by atoms with E-state index in [1.165, 1.54) is 27.4 Å². The van der Waals surface area contributed by atoms with Gasteiger partial charge in [0.25, 0.3) is 0 Å². The molecule has 2 aromatic carbocycles. The van der Waals surface area contributed by atoms with Crippen molar-refractivity contribution in [3.63, 3.8) is 0 Å². The maximum atomic E-state index is 10.7. The summed E-state index contributed by atoms with van der Waals surface area (Å²) in [6.45, 7) is 2.12. The fourth-order valence-electron chi connectivity index (χ4n) is 3.59. The van der Waals surface area contributed by atoms with Crippen LogP contribution in [0.15, 0.2) is 65.4 Å². The topological polar surface area (TPSA) is 28.4 Å². The van der Waals surface area contributed by atoms with E-state index >= 15 is 0 Å². The Hall–Kier alpha value is -2.14. The van der Waals surface area contributed by atoms with E-state index in [2.05, 4.69) is 81.9 Å². The second kappa shape index (κ2) is 7.00. The third kappa shape index (κ3) is 3.33. The van der Waals surface area contributed by atoms with E-state index < -0.39 is 6.10 Å². The fraction of sp³-hybridized carbons (Fsp3) is 0.238. The minimum absolute atomic E-state index is 0.414. The number of aliphatic hydroxyl groups excluding tert-OH is 1. The van der Waals surface area contributed by atoms with Gasteiger partial charge in [-0.05, 0) is 41.6 Å². The number of para-hydroxylation sites is 2. The van der Waals surface area contributed by atoms with Crippen LogP contribution in [0.25, 0.3) is 21.8 Å². The molecular weight excluding hydrogens is 328 g/mol. The lowest BCUT2D eigenvalue weighted by Gasteiger charge is -2.21. The van der Waals surface area contributed by atoms with E-state index in [9.17, 15) is 5.11 Å². The molecule has 4 aromatic rings. The summed E-state index contributed by atoms with van der Waals surface area (Å²) < 4.78 is 2.24. The van der Waals surface area contributed by atoms with Crippen molar-refractivity contribution in [3.8, 4) is 0 Å². The predicted octanol–water partition coefficient (Wildman–Crippen LogP) is 4.35. The second-order valence-electron chi connectivity index (χ2n) is 6.63. The lowest BCUT2D eigenvalue weighted by atomic mass is 10.2. The van der Waals surface area contributed by atoms with Crippen LogP contribution < -0.4 is 0 Å². The first-order valence-corrected chi connectivity index (χ1v) is 9.50. The van der Waals surface area contributed by atoms with E-state index in [0.29, 0.717) is 13.1 Å². The summed E-state index contributed by atoms with van der Waals surface area (Å²) in [4.78, 5) is 2.18. The van der Waals surface area contributed by atoms with Gasteiger partial charge in [0.15, 0.2) is 0 Å². The maximum absolute atomic E-state index is 10.7. The van der Waals surface area contributed by atoms with Gasteiger partial charge in [-0.2, -0.15) is 11.3 Å². The molecule has 0 fully saturated rings.